The Hall–Kier alpha value is -3.92. The highest BCUT2D eigenvalue weighted by Crippen LogP contribution is 2.22. The molecule has 0 aliphatic carbocycles. The third-order valence-electron chi connectivity index (χ3n) is 4.40. The molecule has 0 bridgehead atoms. The van der Waals surface area contributed by atoms with Crippen LogP contribution in [0.15, 0.2) is 70.7 Å². The summed E-state index contributed by atoms with van der Waals surface area (Å²) in [5.74, 6) is -0.943. The lowest BCUT2D eigenvalue weighted by molar-refractivity contribution is -0.113. The smallest absolute Gasteiger partial charge is 0.339 e. The molecule has 0 aliphatic rings. The van der Waals surface area contributed by atoms with E-state index >= 15 is 0 Å². The van der Waals surface area contributed by atoms with Crippen molar-refractivity contribution in [3.05, 3.63) is 76.7 Å². The summed E-state index contributed by atoms with van der Waals surface area (Å²) in [6, 6.07) is 15.6. The molecule has 4 aromatic rings. The van der Waals surface area contributed by atoms with Gasteiger partial charge in [-0.2, -0.15) is 5.10 Å². The number of amides is 1. The third-order valence-corrected chi connectivity index (χ3v) is 5.34. The van der Waals surface area contributed by atoms with Gasteiger partial charge in [-0.25, -0.2) is 9.78 Å². The van der Waals surface area contributed by atoms with E-state index in [0.29, 0.717) is 27.6 Å². The predicted octanol–water partition coefficient (Wildman–Crippen LogP) is 2.63. The minimum absolute atomic E-state index is 0.0333. The van der Waals surface area contributed by atoms with Crippen LogP contribution in [0.2, 0.25) is 0 Å². The maximum Gasteiger partial charge on any atom is 0.339 e. The van der Waals surface area contributed by atoms with Gasteiger partial charge in [0.05, 0.1) is 36.0 Å². The number of carbonyl (C=O) groups excluding carboxylic acids is 2. The molecule has 0 aliphatic heterocycles. The fraction of sp³-hybridized carbons (Fsp3) is 0.0952. The van der Waals surface area contributed by atoms with Gasteiger partial charge < -0.3 is 10.1 Å². The summed E-state index contributed by atoms with van der Waals surface area (Å²) in [6.07, 6.45) is 1.43. The first-order chi connectivity index (χ1) is 15.1. The van der Waals surface area contributed by atoms with E-state index in [9.17, 15) is 14.4 Å². The van der Waals surface area contributed by atoms with Crippen LogP contribution in [0.4, 0.5) is 5.69 Å². The summed E-state index contributed by atoms with van der Waals surface area (Å²) in [4.78, 5) is 41.9. The highest BCUT2D eigenvalue weighted by molar-refractivity contribution is 7.99. The summed E-state index contributed by atoms with van der Waals surface area (Å²) < 4.78 is 6.19. The highest BCUT2D eigenvalue weighted by Gasteiger charge is 2.17. The van der Waals surface area contributed by atoms with Crippen LogP contribution in [0, 0.1) is 0 Å². The normalized spacial score (nSPS) is 10.7. The summed E-state index contributed by atoms with van der Waals surface area (Å²) in [7, 11) is 1.27. The first-order valence-electron chi connectivity index (χ1n) is 9.20. The van der Waals surface area contributed by atoms with Gasteiger partial charge in [-0.1, -0.05) is 42.1 Å². The average Bonchev–Trinajstić information content (AvgIpc) is 3.27. The number of hydrogen-bond acceptors (Lipinski definition) is 7. The lowest BCUT2D eigenvalue weighted by Gasteiger charge is -2.12. The molecular formula is C21H17N5O4S. The Kier molecular flexibility index (Phi) is 5.80. The van der Waals surface area contributed by atoms with Crippen LogP contribution in [0.1, 0.15) is 10.4 Å². The Morgan fingerprint density at radius 2 is 1.87 bits per heavy atom. The predicted molar refractivity (Wildman–Crippen MR) is 117 cm³/mol. The number of fused-ring (bicyclic) bond motifs is 1. The fourth-order valence-electron chi connectivity index (χ4n) is 2.97. The van der Waals surface area contributed by atoms with Crippen LogP contribution in [0.3, 0.4) is 0 Å². The molecule has 2 aromatic heterocycles. The van der Waals surface area contributed by atoms with Crippen molar-refractivity contribution in [3.8, 4) is 5.69 Å². The van der Waals surface area contributed by atoms with Gasteiger partial charge in [-0.05, 0) is 24.3 Å². The minimum atomic E-state index is -0.548. The van der Waals surface area contributed by atoms with E-state index in [1.165, 1.54) is 17.9 Å². The van der Waals surface area contributed by atoms with Crippen LogP contribution in [-0.2, 0) is 9.53 Å². The monoisotopic (exact) mass is 435 g/mol. The number of anilines is 1. The van der Waals surface area contributed by atoms with E-state index in [4.69, 9.17) is 4.74 Å². The Labute approximate surface area is 180 Å². The number of thioether (sulfide) groups is 1. The Balaban J connectivity index is 1.61. The van der Waals surface area contributed by atoms with Crippen molar-refractivity contribution in [3.63, 3.8) is 0 Å². The number of rotatable bonds is 6. The van der Waals surface area contributed by atoms with E-state index in [1.54, 1.807) is 36.4 Å². The van der Waals surface area contributed by atoms with Gasteiger partial charge >= 0.3 is 5.97 Å². The standard InChI is InChI=1S/C21H17N5O4S/c1-30-20(29)14-9-5-6-10-16(14)23-17(27)12-31-21-24-18-15(11-22-25-18)19(28)26(21)13-7-3-2-4-8-13/h2-11H,12H2,1H3,(H,22,25)(H,23,27). The number of benzene rings is 2. The molecule has 2 aromatic carbocycles. The van der Waals surface area contributed by atoms with Crippen LogP contribution in [0.5, 0.6) is 0 Å². The number of methoxy groups -OCH3 is 1. The number of carbonyl (C=O) groups is 2. The molecule has 9 nitrogen and oxygen atoms in total. The second-order valence-corrected chi connectivity index (χ2v) is 7.32. The largest absolute Gasteiger partial charge is 0.465 e. The number of nitrogens with zero attached hydrogens (tertiary/aromatic N) is 3. The molecule has 31 heavy (non-hydrogen) atoms. The molecule has 4 rings (SSSR count). The van der Waals surface area contributed by atoms with Crippen LogP contribution in [-0.4, -0.2) is 44.5 Å². The molecule has 2 heterocycles. The number of H-pyrrole nitrogens is 1. The van der Waals surface area contributed by atoms with Crippen LogP contribution in [0.25, 0.3) is 16.7 Å². The number of aromatic nitrogens is 4. The summed E-state index contributed by atoms with van der Waals surface area (Å²) in [6.45, 7) is 0. The first-order valence-corrected chi connectivity index (χ1v) is 10.2. The highest BCUT2D eigenvalue weighted by atomic mass is 32.2. The van der Waals surface area contributed by atoms with Crippen molar-refractivity contribution in [1.29, 1.82) is 0 Å². The topological polar surface area (TPSA) is 119 Å². The summed E-state index contributed by atoms with van der Waals surface area (Å²) in [5, 5.41) is 9.98. The lowest BCUT2D eigenvalue weighted by atomic mass is 10.2. The van der Waals surface area contributed by atoms with Gasteiger partial charge in [0.2, 0.25) is 5.91 Å². The van der Waals surface area contributed by atoms with Crippen LogP contribution >= 0.6 is 11.8 Å². The zero-order valence-electron chi connectivity index (χ0n) is 16.4. The molecule has 0 radical (unpaired) electrons. The Morgan fingerprint density at radius 3 is 2.65 bits per heavy atom. The molecule has 0 saturated carbocycles. The molecule has 2 N–H and O–H groups in total. The Morgan fingerprint density at radius 1 is 1.13 bits per heavy atom. The van der Waals surface area contributed by atoms with Gasteiger partial charge in [-0.15, -0.1) is 0 Å². The molecule has 0 unspecified atom stereocenters. The first kappa shape index (κ1) is 20.4. The molecule has 0 spiro atoms. The SMILES string of the molecule is COC(=O)c1ccccc1NC(=O)CSc1nc2[nH]ncc2c(=O)n1-c1ccccc1. The number of ether oxygens (including phenoxy) is 1. The molecule has 0 fully saturated rings. The van der Waals surface area contributed by atoms with E-state index in [0.717, 1.165) is 11.8 Å². The second-order valence-electron chi connectivity index (χ2n) is 6.38. The summed E-state index contributed by atoms with van der Waals surface area (Å²) >= 11 is 1.10. The maximum absolute atomic E-state index is 13.0. The fourth-order valence-corrected chi connectivity index (χ4v) is 3.78. The van der Waals surface area contributed by atoms with Gasteiger partial charge in [0, 0.05) is 0 Å². The Bertz CT molecular complexity index is 1320. The van der Waals surface area contributed by atoms with Gasteiger partial charge in [0.25, 0.3) is 5.56 Å². The molecule has 1 amide bonds. The maximum atomic E-state index is 13.0. The zero-order valence-corrected chi connectivity index (χ0v) is 17.2. The van der Waals surface area contributed by atoms with Crippen molar-refractivity contribution in [2.45, 2.75) is 5.16 Å². The summed E-state index contributed by atoms with van der Waals surface area (Å²) in [5.41, 5.74) is 1.28. The molecule has 156 valence electrons. The van der Waals surface area contributed by atoms with Crippen molar-refractivity contribution in [2.24, 2.45) is 0 Å². The molecule has 10 heteroatoms. The average molecular weight is 435 g/mol. The number of aromatic amines is 1. The number of esters is 1. The van der Waals surface area contributed by atoms with Crippen LogP contribution < -0.4 is 10.9 Å². The van der Waals surface area contributed by atoms with E-state index in [1.807, 2.05) is 18.2 Å². The van der Waals surface area contributed by atoms with Crippen molar-refractivity contribution in [2.75, 3.05) is 18.2 Å². The quantitative estimate of drug-likeness (QED) is 0.271. The van der Waals surface area contributed by atoms with Gasteiger partial charge in [0.15, 0.2) is 10.8 Å². The van der Waals surface area contributed by atoms with Crippen molar-refractivity contribution in [1.82, 2.24) is 19.7 Å². The van der Waals surface area contributed by atoms with E-state index < -0.39 is 5.97 Å². The third kappa shape index (κ3) is 4.19. The molecule has 0 atom stereocenters. The van der Waals surface area contributed by atoms with Gasteiger partial charge in [-0.3, -0.25) is 19.3 Å². The van der Waals surface area contributed by atoms with Gasteiger partial charge in [0.1, 0.15) is 5.39 Å². The lowest BCUT2D eigenvalue weighted by Crippen LogP contribution is -2.22. The number of hydrogen-bond donors (Lipinski definition) is 2. The number of para-hydroxylation sites is 2. The minimum Gasteiger partial charge on any atom is -0.465 e. The second kappa shape index (κ2) is 8.84. The van der Waals surface area contributed by atoms with E-state index in [2.05, 4.69) is 20.5 Å². The molecule has 0 saturated heterocycles. The zero-order chi connectivity index (χ0) is 21.8. The van der Waals surface area contributed by atoms with Crippen molar-refractivity contribution >= 4 is 40.4 Å². The molecular weight excluding hydrogens is 418 g/mol. The number of nitrogens with one attached hydrogen (secondary N) is 2. The van der Waals surface area contributed by atoms with E-state index in [-0.39, 0.29) is 22.8 Å². The van der Waals surface area contributed by atoms with Crippen molar-refractivity contribution < 1.29 is 14.3 Å².